The van der Waals surface area contributed by atoms with Crippen molar-refractivity contribution in [2.24, 2.45) is 0 Å². The third-order valence-electron chi connectivity index (χ3n) is 2.94. The summed E-state index contributed by atoms with van der Waals surface area (Å²) in [6, 6.07) is 10.7. The van der Waals surface area contributed by atoms with Crippen LogP contribution in [0, 0.1) is 6.92 Å². The van der Waals surface area contributed by atoms with E-state index in [0.29, 0.717) is 4.83 Å². The van der Waals surface area contributed by atoms with Gasteiger partial charge in [0.15, 0.2) is 0 Å². The number of hydrogen-bond donors (Lipinski definition) is 0. The molecule has 1 nitrogen and oxygen atoms in total. The molecule has 1 aromatic carbocycles. The molecule has 17 heavy (non-hydrogen) atoms. The predicted octanol–water partition coefficient (Wildman–Crippen LogP) is 4.83. The van der Waals surface area contributed by atoms with Gasteiger partial charge in [0, 0.05) is 16.8 Å². The van der Waals surface area contributed by atoms with Crippen LogP contribution in [0.3, 0.4) is 0 Å². The maximum absolute atomic E-state index is 5.47. The van der Waals surface area contributed by atoms with Crippen LogP contribution < -0.4 is 0 Å². The van der Waals surface area contributed by atoms with Crippen LogP contribution in [0.4, 0.5) is 0 Å². The zero-order chi connectivity index (χ0) is 12.3. The van der Waals surface area contributed by atoms with Crippen LogP contribution in [-0.4, -0.2) is 0 Å². The fourth-order valence-corrected chi connectivity index (χ4v) is 2.85. The molecule has 90 valence electrons. The maximum Gasteiger partial charge on any atom is 0.107 e. The lowest BCUT2D eigenvalue weighted by atomic mass is 10.0. The minimum atomic E-state index is 0.331. The Bertz CT molecular complexity index is 487. The van der Waals surface area contributed by atoms with Crippen molar-refractivity contribution in [3.05, 3.63) is 59.0 Å². The number of rotatable bonds is 4. The van der Waals surface area contributed by atoms with Crippen LogP contribution in [0.2, 0.25) is 0 Å². The van der Waals surface area contributed by atoms with Crippen molar-refractivity contribution < 1.29 is 4.42 Å². The minimum Gasteiger partial charge on any atom is -0.469 e. The molecule has 0 saturated carbocycles. The van der Waals surface area contributed by atoms with Crippen LogP contribution in [0.1, 0.15) is 34.2 Å². The summed E-state index contributed by atoms with van der Waals surface area (Å²) in [5.74, 6) is 1.08. The summed E-state index contributed by atoms with van der Waals surface area (Å²) in [4.78, 5) is 0.331. The van der Waals surface area contributed by atoms with Gasteiger partial charge in [0.2, 0.25) is 0 Å². The Morgan fingerprint density at radius 1 is 1.29 bits per heavy atom. The van der Waals surface area contributed by atoms with Gasteiger partial charge in [-0.3, -0.25) is 0 Å². The first-order valence-corrected chi connectivity index (χ1v) is 6.88. The van der Waals surface area contributed by atoms with Crippen molar-refractivity contribution in [2.45, 2.75) is 31.5 Å². The summed E-state index contributed by atoms with van der Waals surface area (Å²) in [5, 5.41) is 0. The van der Waals surface area contributed by atoms with Gasteiger partial charge in [-0.15, -0.1) is 0 Å². The molecule has 0 aliphatic carbocycles. The van der Waals surface area contributed by atoms with Gasteiger partial charge in [0.05, 0.1) is 6.26 Å². The van der Waals surface area contributed by atoms with E-state index in [0.717, 1.165) is 18.6 Å². The number of halogens is 1. The zero-order valence-electron chi connectivity index (χ0n) is 10.2. The molecule has 0 radical (unpaired) electrons. The Morgan fingerprint density at radius 2 is 2.12 bits per heavy atom. The first kappa shape index (κ1) is 12.4. The van der Waals surface area contributed by atoms with Crippen LogP contribution in [0.15, 0.2) is 41.0 Å². The number of hydrogen-bond acceptors (Lipinski definition) is 1. The molecular formula is C15H17BrO. The molecule has 2 heteroatoms. The average molecular weight is 293 g/mol. The summed E-state index contributed by atoms with van der Waals surface area (Å²) in [6.07, 6.45) is 3.71. The zero-order valence-corrected chi connectivity index (χ0v) is 11.8. The fraction of sp³-hybridized carbons (Fsp3) is 0.333. The third kappa shape index (κ3) is 3.01. The average Bonchev–Trinajstić information content (AvgIpc) is 2.77. The highest BCUT2D eigenvalue weighted by atomic mass is 79.9. The summed E-state index contributed by atoms with van der Waals surface area (Å²) in [7, 11) is 0. The van der Waals surface area contributed by atoms with E-state index in [2.05, 4.69) is 60.1 Å². The Labute approximate surface area is 111 Å². The van der Waals surface area contributed by atoms with Gasteiger partial charge < -0.3 is 4.42 Å². The van der Waals surface area contributed by atoms with Crippen molar-refractivity contribution >= 4 is 15.9 Å². The Balaban J connectivity index is 2.14. The highest BCUT2D eigenvalue weighted by Crippen LogP contribution is 2.30. The van der Waals surface area contributed by atoms with E-state index in [-0.39, 0.29) is 0 Å². The Morgan fingerprint density at radius 3 is 2.82 bits per heavy atom. The lowest BCUT2D eigenvalue weighted by Gasteiger charge is -2.10. The van der Waals surface area contributed by atoms with Gasteiger partial charge in [0.1, 0.15) is 5.76 Å². The molecule has 2 rings (SSSR count). The smallest absolute Gasteiger partial charge is 0.107 e. The SMILES string of the molecule is CCc1occc1C(Br)Cc1cccc(C)c1. The van der Waals surface area contributed by atoms with Crippen molar-refractivity contribution in [3.8, 4) is 0 Å². The van der Waals surface area contributed by atoms with Crippen molar-refractivity contribution in [1.82, 2.24) is 0 Å². The van der Waals surface area contributed by atoms with E-state index in [1.807, 2.05) is 0 Å². The quantitative estimate of drug-likeness (QED) is 0.736. The lowest BCUT2D eigenvalue weighted by molar-refractivity contribution is 0.511. The van der Waals surface area contributed by atoms with E-state index in [9.17, 15) is 0 Å². The number of aryl methyl sites for hydroxylation is 2. The van der Waals surface area contributed by atoms with Crippen molar-refractivity contribution in [1.29, 1.82) is 0 Å². The highest BCUT2D eigenvalue weighted by molar-refractivity contribution is 9.09. The summed E-state index contributed by atoms with van der Waals surface area (Å²) < 4.78 is 5.47. The molecule has 0 fully saturated rings. The van der Waals surface area contributed by atoms with E-state index in [1.54, 1.807) is 6.26 Å². The second-order valence-corrected chi connectivity index (χ2v) is 5.42. The normalized spacial score (nSPS) is 12.6. The molecule has 1 heterocycles. The topological polar surface area (TPSA) is 13.1 Å². The molecular weight excluding hydrogens is 276 g/mol. The van der Waals surface area contributed by atoms with E-state index in [4.69, 9.17) is 4.42 Å². The standard InChI is InChI=1S/C15H17BrO/c1-3-15-13(7-8-17-15)14(16)10-12-6-4-5-11(2)9-12/h4-9,14H,3,10H2,1-2H3. The molecule has 0 saturated heterocycles. The van der Waals surface area contributed by atoms with E-state index >= 15 is 0 Å². The molecule has 0 aliphatic heterocycles. The third-order valence-corrected chi connectivity index (χ3v) is 3.75. The van der Waals surface area contributed by atoms with E-state index < -0.39 is 0 Å². The maximum atomic E-state index is 5.47. The summed E-state index contributed by atoms with van der Waals surface area (Å²) in [6.45, 7) is 4.25. The fourth-order valence-electron chi connectivity index (χ4n) is 2.07. The lowest BCUT2D eigenvalue weighted by Crippen LogP contribution is -1.97. The molecule has 1 atom stereocenters. The molecule has 0 bridgehead atoms. The monoisotopic (exact) mass is 292 g/mol. The van der Waals surface area contributed by atoms with Crippen LogP contribution in [0.25, 0.3) is 0 Å². The molecule has 1 aromatic heterocycles. The van der Waals surface area contributed by atoms with Gasteiger partial charge in [-0.05, 0) is 25.0 Å². The van der Waals surface area contributed by atoms with Gasteiger partial charge in [0.25, 0.3) is 0 Å². The second kappa shape index (κ2) is 5.54. The number of furan rings is 1. The van der Waals surface area contributed by atoms with Gasteiger partial charge in [-0.25, -0.2) is 0 Å². The number of benzene rings is 1. The number of alkyl halides is 1. The first-order chi connectivity index (χ1) is 8.20. The van der Waals surface area contributed by atoms with Crippen LogP contribution in [0.5, 0.6) is 0 Å². The Kier molecular flexibility index (Phi) is 4.06. The highest BCUT2D eigenvalue weighted by Gasteiger charge is 2.14. The minimum absolute atomic E-state index is 0.331. The summed E-state index contributed by atoms with van der Waals surface area (Å²) >= 11 is 3.76. The largest absolute Gasteiger partial charge is 0.469 e. The van der Waals surface area contributed by atoms with Gasteiger partial charge in [-0.1, -0.05) is 52.7 Å². The molecule has 0 N–H and O–H groups in total. The first-order valence-electron chi connectivity index (χ1n) is 5.96. The second-order valence-electron chi connectivity index (χ2n) is 4.31. The van der Waals surface area contributed by atoms with Crippen LogP contribution in [-0.2, 0) is 12.8 Å². The van der Waals surface area contributed by atoms with Gasteiger partial charge >= 0.3 is 0 Å². The molecule has 1 unspecified atom stereocenters. The summed E-state index contributed by atoms with van der Waals surface area (Å²) in [5.41, 5.74) is 3.94. The van der Waals surface area contributed by atoms with Crippen LogP contribution >= 0.6 is 15.9 Å². The van der Waals surface area contributed by atoms with E-state index in [1.165, 1.54) is 16.7 Å². The van der Waals surface area contributed by atoms with Crippen molar-refractivity contribution in [3.63, 3.8) is 0 Å². The van der Waals surface area contributed by atoms with Crippen molar-refractivity contribution in [2.75, 3.05) is 0 Å². The van der Waals surface area contributed by atoms with Gasteiger partial charge in [-0.2, -0.15) is 0 Å². The molecule has 2 aromatic rings. The molecule has 0 spiro atoms. The predicted molar refractivity (Wildman–Crippen MR) is 74.6 cm³/mol. The Hall–Kier alpha value is -1.02. The molecule has 0 amide bonds. The molecule has 0 aliphatic rings.